The van der Waals surface area contributed by atoms with Crippen molar-refractivity contribution < 1.29 is 4.74 Å². The molecule has 2 rings (SSSR count). The van der Waals surface area contributed by atoms with Gasteiger partial charge in [0.15, 0.2) is 0 Å². The fraction of sp³-hybridized carbons (Fsp3) is 0.600. The molecule has 0 unspecified atom stereocenters. The summed E-state index contributed by atoms with van der Waals surface area (Å²) in [5.41, 5.74) is 0. The SMILES string of the molecule is CCNc1nc(NCCCOCC(C)C)c2ccsc2n1. The van der Waals surface area contributed by atoms with E-state index >= 15 is 0 Å². The van der Waals surface area contributed by atoms with Crippen molar-refractivity contribution in [1.29, 1.82) is 0 Å². The Kier molecular flexibility index (Phi) is 6.20. The summed E-state index contributed by atoms with van der Waals surface area (Å²) >= 11 is 1.64. The first-order chi connectivity index (χ1) is 10.2. The minimum absolute atomic E-state index is 0.591. The zero-order chi connectivity index (χ0) is 15.1. The number of thiophene rings is 1. The molecule has 0 radical (unpaired) electrons. The summed E-state index contributed by atoms with van der Waals surface area (Å²) in [6.07, 6.45) is 0.971. The standard InChI is InChI=1S/C15H24N4OS/c1-4-16-15-18-13(12-6-9-21-14(12)19-15)17-7-5-8-20-10-11(2)3/h6,9,11H,4-5,7-8,10H2,1-3H3,(H2,16,17,18,19). The van der Waals surface area contributed by atoms with E-state index in [-0.39, 0.29) is 0 Å². The Morgan fingerprint density at radius 1 is 1.29 bits per heavy atom. The maximum atomic E-state index is 5.58. The molecule has 0 aromatic carbocycles. The highest BCUT2D eigenvalue weighted by molar-refractivity contribution is 7.16. The molecule has 6 heteroatoms. The number of hydrogen-bond donors (Lipinski definition) is 2. The third kappa shape index (κ3) is 4.82. The highest BCUT2D eigenvalue weighted by Gasteiger charge is 2.08. The zero-order valence-electron chi connectivity index (χ0n) is 13.0. The van der Waals surface area contributed by atoms with Crippen molar-refractivity contribution in [3.8, 4) is 0 Å². The summed E-state index contributed by atoms with van der Waals surface area (Å²) in [4.78, 5) is 10.0. The van der Waals surface area contributed by atoms with Crippen molar-refractivity contribution in [1.82, 2.24) is 9.97 Å². The molecule has 0 atom stereocenters. The van der Waals surface area contributed by atoms with Crippen LogP contribution in [-0.4, -0.2) is 36.3 Å². The van der Waals surface area contributed by atoms with Gasteiger partial charge in [-0.25, -0.2) is 4.98 Å². The molecule has 116 valence electrons. The van der Waals surface area contributed by atoms with Crippen LogP contribution < -0.4 is 10.6 Å². The van der Waals surface area contributed by atoms with Crippen molar-refractivity contribution in [2.75, 3.05) is 36.9 Å². The lowest BCUT2D eigenvalue weighted by Gasteiger charge is -2.10. The summed E-state index contributed by atoms with van der Waals surface area (Å²) in [5, 5.41) is 9.70. The Labute approximate surface area is 130 Å². The summed E-state index contributed by atoms with van der Waals surface area (Å²) in [7, 11) is 0. The van der Waals surface area contributed by atoms with Crippen LogP contribution in [0.2, 0.25) is 0 Å². The van der Waals surface area contributed by atoms with Crippen molar-refractivity contribution in [3.05, 3.63) is 11.4 Å². The molecule has 0 saturated carbocycles. The second-order valence-electron chi connectivity index (χ2n) is 5.31. The average molecular weight is 308 g/mol. The van der Waals surface area contributed by atoms with Gasteiger partial charge in [-0.15, -0.1) is 11.3 Å². The van der Waals surface area contributed by atoms with Crippen LogP contribution in [0.4, 0.5) is 11.8 Å². The minimum Gasteiger partial charge on any atom is -0.381 e. The topological polar surface area (TPSA) is 59.1 Å². The van der Waals surface area contributed by atoms with Crippen LogP contribution in [0, 0.1) is 5.92 Å². The summed E-state index contributed by atoms with van der Waals surface area (Å²) in [6.45, 7) is 9.64. The van der Waals surface area contributed by atoms with Gasteiger partial charge in [0.05, 0.1) is 5.39 Å². The number of rotatable bonds is 9. The first kappa shape index (κ1) is 16.0. The van der Waals surface area contributed by atoms with Crippen LogP contribution in [0.5, 0.6) is 0 Å². The molecule has 2 aromatic heterocycles. The Morgan fingerprint density at radius 2 is 2.14 bits per heavy atom. The van der Waals surface area contributed by atoms with Gasteiger partial charge in [0.1, 0.15) is 10.6 Å². The van der Waals surface area contributed by atoms with Crippen molar-refractivity contribution in [3.63, 3.8) is 0 Å². The highest BCUT2D eigenvalue weighted by atomic mass is 32.1. The van der Waals surface area contributed by atoms with Crippen LogP contribution in [0.15, 0.2) is 11.4 Å². The number of aromatic nitrogens is 2. The molecule has 0 aliphatic rings. The molecule has 2 N–H and O–H groups in total. The second kappa shape index (κ2) is 8.14. The molecular formula is C15H24N4OS. The normalized spacial score (nSPS) is 11.2. The van der Waals surface area contributed by atoms with Crippen molar-refractivity contribution >= 4 is 33.3 Å². The maximum absolute atomic E-state index is 5.58. The molecule has 0 spiro atoms. The largest absolute Gasteiger partial charge is 0.381 e. The number of hydrogen-bond acceptors (Lipinski definition) is 6. The Morgan fingerprint density at radius 3 is 2.90 bits per heavy atom. The van der Waals surface area contributed by atoms with Gasteiger partial charge in [-0.05, 0) is 30.7 Å². The van der Waals surface area contributed by atoms with E-state index in [1.165, 1.54) is 0 Å². The maximum Gasteiger partial charge on any atom is 0.226 e. The summed E-state index contributed by atoms with van der Waals surface area (Å²) < 4.78 is 5.58. The summed E-state index contributed by atoms with van der Waals surface area (Å²) in [5.74, 6) is 2.18. The molecule has 0 bridgehead atoms. The van der Waals surface area contributed by atoms with Gasteiger partial charge in [0.2, 0.25) is 5.95 Å². The van der Waals surface area contributed by atoms with Gasteiger partial charge in [-0.1, -0.05) is 13.8 Å². The predicted octanol–water partition coefficient (Wildman–Crippen LogP) is 3.60. The molecule has 0 saturated heterocycles. The van der Waals surface area contributed by atoms with Crippen LogP contribution in [0.3, 0.4) is 0 Å². The predicted molar refractivity (Wildman–Crippen MR) is 90.3 cm³/mol. The van der Waals surface area contributed by atoms with E-state index < -0.39 is 0 Å². The van der Waals surface area contributed by atoms with Crippen LogP contribution in [0.1, 0.15) is 27.2 Å². The second-order valence-corrected chi connectivity index (χ2v) is 6.21. The van der Waals surface area contributed by atoms with E-state index in [0.29, 0.717) is 11.9 Å². The molecule has 0 aliphatic heterocycles. The molecule has 2 aromatic rings. The average Bonchev–Trinajstić information content (AvgIpc) is 2.91. The Hall–Kier alpha value is -1.40. The molecule has 0 aliphatic carbocycles. The monoisotopic (exact) mass is 308 g/mol. The number of nitrogens with zero attached hydrogens (tertiary/aromatic N) is 2. The van der Waals surface area contributed by atoms with Crippen molar-refractivity contribution in [2.24, 2.45) is 5.92 Å². The lowest BCUT2D eigenvalue weighted by molar-refractivity contribution is 0.110. The van der Waals surface area contributed by atoms with Gasteiger partial charge in [-0.2, -0.15) is 4.98 Å². The lowest BCUT2D eigenvalue weighted by Crippen LogP contribution is -2.10. The third-order valence-electron chi connectivity index (χ3n) is 2.87. The molecule has 0 fully saturated rings. The molecule has 0 amide bonds. The van der Waals surface area contributed by atoms with Gasteiger partial charge in [0, 0.05) is 26.3 Å². The van der Waals surface area contributed by atoms with Crippen LogP contribution in [-0.2, 0) is 4.74 Å². The Bertz CT molecular complexity index is 556. The quantitative estimate of drug-likeness (QED) is 0.693. The van der Waals surface area contributed by atoms with Gasteiger partial charge in [0.25, 0.3) is 0 Å². The number of fused-ring (bicyclic) bond motifs is 1. The van der Waals surface area contributed by atoms with Crippen LogP contribution >= 0.6 is 11.3 Å². The van der Waals surface area contributed by atoms with E-state index in [2.05, 4.69) is 40.5 Å². The van der Waals surface area contributed by atoms with Gasteiger partial charge < -0.3 is 15.4 Å². The molecule has 21 heavy (non-hydrogen) atoms. The first-order valence-electron chi connectivity index (χ1n) is 7.51. The van der Waals surface area contributed by atoms with Crippen LogP contribution in [0.25, 0.3) is 10.2 Å². The van der Waals surface area contributed by atoms with E-state index in [4.69, 9.17) is 4.74 Å². The zero-order valence-corrected chi connectivity index (χ0v) is 13.8. The van der Waals surface area contributed by atoms with E-state index in [1.54, 1.807) is 11.3 Å². The number of nitrogens with one attached hydrogen (secondary N) is 2. The summed E-state index contributed by atoms with van der Waals surface area (Å²) in [6, 6.07) is 2.06. The lowest BCUT2D eigenvalue weighted by atomic mass is 10.2. The third-order valence-corrected chi connectivity index (χ3v) is 3.68. The van der Waals surface area contributed by atoms with Crippen molar-refractivity contribution in [2.45, 2.75) is 27.2 Å². The van der Waals surface area contributed by atoms with E-state index in [9.17, 15) is 0 Å². The fourth-order valence-electron chi connectivity index (χ4n) is 1.93. The smallest absolute Gasteiger partial charge is 0.226 e. The number of anilines is 2. The first-order valence-corrected chi connectivity index (χ1v) is 8.39. The minimum atomic E-state index is 0.591. The van der Waals surface area contributed by atoms with Gasteiger partial charge >= 0.3 is 0 Å². The Balaban J connectivity index is 1.89. The highest BCUT2D eigenvalue weighted by Crippen LogP contribution is 2.26. The molecular weight excluding hydrogens is 284 g/mol. The molecule has 5 nitrogen and oxygen atoms in total. The van der Waals surface area contributed by atoms with E-state index in [1.807, 2.05) is 12.3 Å². The number of ether oxygens (including phenoxy) is 1. The molecule has 2 heterocycles. The fourth-order valence-corrected chi connectivity index (χ4v) is 2.69. The van der Waals surface area contributed by atoms with E-state index in [0.717, 1.165) is 48.8 Å². The van der Waals surface area contributed by atoms with Gasteiger partial charge in [-0.3, -0.25) is 0 Å².